The van der Waals surface area contributed by atoms with Gasteiger partial charge in [0.15, 0.2) is 0 Å². The smallest absolute Gasteiger partial charge is 0.250 e. The highest BCUT2D eigenvalue weighted by Crippen LogP contribution is 2.64. The van der Waals surface area contributed by atoms with Crippen molar-refractivity contribution >= 4 is 29.1 Å². The fourth-order valence-electron chi connectivity index (χ4n) is 6.99. The molecule has 2 aromatic carbocycles. The number of anilines is 2. The maximum Gasteiger partial charge on any atom is 0.250 e. The van der Waals surface area contributed by atoms with Crippen LogP contribution in [0, 0.1) is 25.7 Å². The summed E-state index contributed by atoms with van der Waals surface area (Å²) < 4.78 is 12.2. The van der Waals surface area contributed by atoms with Crippen molar-refractivity contribution in [3.05, 3.63) is 53.6 Å². The Bertz CT molecular complexity index is 1260. The van der Waals surface area contributed by atoms with E-state index < -0.39 is 29.1 Å². The molecule has 2 aromatic rings. The number of aliphatic hydroxyl groups is 1. The molecule has 3 heterocycles. The maximum atomic E-state index is 14.0. The topological polar surface area (TPSA) is 117 Å². The fraction of sp³-hybridized carbons (Fsp3) is 0.500. The number of β-amino-alcohol motifs (C(OH)–C–C–N with tert-alkyl or cyclic N) is 1. The highest BCUT2D eigenvalue weighted by atomic mass is 16.5. The van der Waals surface area contributed by atoms with E-state index in [9.17, 15) is 19.5 Å². The van der Waals surface area contributed by atoms with Gasteiger partial charge in [0.25, 0.3) is 0 Å². The number of nitrogens with zero attached hydrogens (tertiary/aromatic N) is 1. The van der Waals surface area contributed by atoms with E-state index in [1.165, 1.54) is 4.90 Å². The van der Waals surface area contributed by atoms with Crippen LogP contribution in [-0.4, -0.2) is 64.7 Å². The average molecular weight is 536 g/mol. The molecule has 2 unspecified atom stereocenters. The van der Waals surface area contributed by atoms with Gasteiger partial charge in [-0.3, -0.25) is 14.4 Å². The molecule has 3 N–H and O–H groups in total. The summed E-state index contributed by atoms with van der Waals surface area (Å²) in [6.45, 7) is 7.91. The van der Waals surface area contributed by atoms with Gasteiger partial charge in [0.05, 0.1) is 30.7 Å². The third-order valence-corrected chi connectivity index (χ3v) is 8.71. The van der Waals surface area contributed by atoms with Crippen LogP contribution in [0.1, 0.15) is 44.2 Å². The predicted molar refractivity (Wildman–Crippen MR) is 146 cm³/mol. The van der Waals surface area contributed by atoms with Crippen LogP contribution in [0.2, 0.25) is 0 Å². The molecule has 0 aliphatic carbocycles. The molecule has 3 saturated heterocycles. The van der Waals surface area contributed by atoms with E-state index in [2.05, 4.69) is 10.6 Å². The Kier molecular flexibility index (Phi) is 7.15. The zero-order valence-electron chi connectivity index (χ0n) is 23.0. The van der Waals surface area contributed by atoms with Gasteiger partial charge >= 0.3 is 0 Å². The lowest BCUT2D eigenvalue weighted by atomic mass is 9.65. The van der Waals surface area contributed by atoms with Crippen LogP contribution < -0.4 is 15.4 Å². The number of carbonyl (C=O) groups excluding carboxylic acids is 3. The lowest BCUT2D eigenvalue weighted by Crippen LogP contribution is -2.53. The van der Waals surface area contributed by atoms with Crippen molar-refractivity contribution in [1.29, 1.82) is 0 Å². The van der Waals surface area contributed by atoms with Crippen molar-refractivity contribution in [2.24, 2.45) is 11.8 Å². The minimum Gasteiger partial charge on any atom is -0.494 e. The first-order valence-corrected chi connectivity index (χ1v) is 13.7. The summed E-state index contributed by atoms with van der Waals surface area (Å²) in [5.41, 5.74) is 1.10. The van der Waals surface area contributed by atoms with Gasteiger partial charge in [0, 0.05) is 17.9 Å². The fourth-order valence-corrected chi connectivity index (χ4v) is 6.99. The number of hydrogen-bond donors (Lipinski definition) is 3. The van der Waals surface area contributed by atoms with Crippen molar-refractivity contribution < 1.29 is 29.0 Å². The quantitative estimate of drug-likeness (QED) is 0.453. The second-order valence-electron chi connectivity index (χ2n) is 10.8. The number of benzene rings is 2. The summed E-state index contributed by atoms with van der Waals surface area (Å²) >= 11 is 0. The number of fused-ring (bicyclic) bond motifs is 1. The van der Waals surface area contributed by atoms with E-state index in [1.54, 1.807) is 24.3 Å². The Morgan fingerprint density at radius 1 is 1.05 bits per heavy atom. The number of amides is 3. The second-order valence-corrected chi connectivity index (χ2v) is 10.8. The molecule has 1 spiro atoms. The average Bonchev–Trinajstić information content (AvgIpc) is 3.51. The van der Waals surface area contributed by atoms with Crippen LogP contribution in [0.3, 0.4) is 0 Å². The van der Waals surface area contributed by atoms with Gasteiger partial charge in [-0.15, -0.1) is 0 Å². The number of para-hydroxylation sites is 1. The lowest BCUT2D eigenvalue weighted by molar-refractivity contribution is -0.144. The highest BCUT2D eigenvalue weighted by Gasteiger charge is 2.78. The molecule has 3 aliphatic heterocycles. The Morgan fingerprint density at radius 3 is 2.36 bits per heavy atom. The number of aryl methyl sites for hydroxylation is 2. The largest absolute Gasteiger partial charge is 0.494 e. The van der Waals surface area contributed by atoms with E-state index in [-0.39, 0.29) is 30.9 Å². The number of nitrogens with one attached hydrogen (secondary N) is 2. The van der Waals surface area contributed by atoms with E-state index in [0.717, 1.165) is 11.1 Å². The molecule has 3 aliphatic rings. The van der Waals surface area contributed by atoms with Gasteiger partial charge in [0.2, 0.25) is 17.7 Å². The van der Waals surface area contributed by atoms with Gasteiger partial charge in [0.1, 0.15) is 17.4 Å². The Balaban J connectivity index is 1.48. The van der Waals surface area contributed by atoms with Gasteiger partial charge in [-0.2, -0.15) is 0 Å². The Morgan fingerprint density at radius 2 is 1.74 bits per heavy atom. The van der Waals surface area contributed by atoms with Gasteiger partial charge in [-0.1, -0.05) is 25.1 Å². The molecule has 0 radical (unpaired) electrons. The summed E-state index contributed by atoms with van der Waals surface area (Å²) in [7, 11) is 0. The lowest BCUT2D eigenvalue weighted by Gasteiger charge is -2.34. The first-order valence-electron chi connectivity index (χ1n) is 13.7. The summed E-state index contributed by atoms with van der Waals surface area (Å²) in [5, 5.41) is 15.8. The van der Waals surface area contributed by atoms with E-state index in [4.69, 9.17) is 9.47 Å². The minimum atomic E-state index is -1.15. The van der Waals surface area contributed by atoms with Gasteiger partial charge in [-0.25, -0.2) is 0 Å². The third kappa shape index (κ3) is 4.28. The van der Waals surface area contributed by atoms with Crippen LogP contribution in [0.15, 0.2) is 42.5 Å². The molecule has 9 nitrogen and oxygen atoms in total. The molecular formula is C30H37N3O6. The van der Waals surface area contributed by atoms with Crippen LogP contribution in [-0.2, 0) is 19.1 Å². The monoisotopic (exact) mass is 535 g/mol. The van der Waals surface area contributed by atoms with E-state index in [0.29, 0.717) is 43.0 Å². The van der Waals surface area contributed by atoms with Crippen molar-refractivity contribution in [3.63, 3.8) is 0 Å². The first kappa shape index (κ1) is 27.1. The first-order chi connectivity index (χ1) is 18.7. The summed E-state index contributed by atoms with van der Waals surface area (Å²) in [4.78, 5) is 43.2. The number of ether oxygens (including phenoxy) is 2. The molecule has 5 atom stereocenters. The Hall–Kier alpha value is -3.43. The van der Waals surface area contributed by atoms with E-state index >= 15 is 0 Å². The van der Waals surface area contributed by atoms with Crippen molar-refractivity contribution in [3.8, 4) is 5.75 Å². The van der Waals surface area contributed by atoms with Crippen LogP contribution in [0.4, 0.5) is 11.4 Å². The standard InChI is InChI=1S/C30H37N3O6/c1-5-29-14-15-30(39-29)23(22(29)26(35)31-20-10-12-21(13-11-20)38-6-2)28(37)33(16-17-34)25(30)27(36)32-24-18(3)8-7-9-19(24)4/h7-13,22-23,25,34H,5-6,14-17H2,1-4H3,(H,31,35)(H,32,36)/t22-,23+,25?,29+,30?/m1/s1. The molecule has 2 bridgehead atoms. The minimum absolute atomic E-state index is 0.0162. The molecule has 3 fully saturated rings. The number of aliphatic hydroxyl groups excluding tert-OH is 1. The molecule has 0 saturated carbocycles. The van der Waals surface area contributed by atoms with Gasteiger partial charge in [-0.05, 0) is 75.4 Å². The molecule has 3 amide bonds. The molecule has 0 aromatic heterocycles. The summed E-state index contributed by atoms with van der Waals surface area (Å²) in [5.74, 6) is -1.89. The molecule has 39 heavy (non-hydrogen) atoms. The number of hydrogen-bond acceptors (Lipinski definition) is 6. The molecule has 9 heteroatoms. The molecular weight excluding hydrogens is 498 g/mol. The van der Waals surface area contributed by atoms with Crippen molar-refractivity contribution in [1.82, 2.24) is 4.90 Å². The molecule has 208 valence electrons. The van der Waals surface area contributed by atoms with E-state index in [1.807, 2.05) is 45.9 Å². The van der Waals surface area contributed by atoms with Crippen LogP contribution in [0.5, 0.6) is 5.75 Å². The van der Waals surface area contributed by atoms with Crippen molar-refractivity contribution in [2.45, 2.75) is 64.2 Å². The van der Waals surface area contributed by atoms with Gasteiger partial charge < -0.3 is 30.1 Å². The predicted octanol–water partition coefficient (Wildman–Crippen LogP) is 3.43. The Labute approximate surface area is 228 Å². The summed E-state index contributed by atoms with van der Waals surface area (Å²) in [6.07, 6.45) is 1.58. The normalized spacial score (nSPS) is 28.9. The highest BCUT2D eigenvalue weighted by molar-refractivity contribution is 6.05. The zero-order valence-corrected chi connectivity index (χ0v) is 23.0. The van der Waals surface area contributed by atoms with Crippen LogP contribution >= 0.6 is 0 Å². The summed E-state index contributed by atoms with van der Waals surface area (Å²) in [6, 6.07) is 11.9. The second kappa shape index (κ2) is 10.3. The van der Waals surface area contributed by atoms with Crippen LogP contribution in [0.25, 0.3) is 0 Å². The van der Waals surface area contributed by atoms with Crippen molar-refractivity contribution in [2.75, 3.05) is 30.4 Å². The zero-order chi connectivity index (χ0) is 27.9. The third-order valence-electron chi connectivity index (χ3n) is 8.71. The molecule has 5 rings (SSSR count). The number of carbonyl (C=O) groups is 3. The maximum absolute atomic E-state index is 14.0. The number of likely N-dealkylation sites (tertiary alicyclic amines) is 1. The SMILES string of the molecule is CCOc1ccc(NC(=O)[C@H]2[C@H]3C(=O)N(CCO)C(C(=O)Nc4c(C)cccc4C)C34CC[C@]2(CC)O4)cc1. The number of rotatable bonds is 9.